The van der Waals surface area contributed by atoms with Crippen LogP contribution in [0, 0.1) is 0 Å². The normalized spacial score (nSPS) is 36.6. The Bertz CT molecular complexity index is 83.3. The van der Waals surface area contributed by atoms with Gasteiger partial charge in [-0.25, -0.2) is 4.39 Å². The molecule has 0 heterocycles. The van der Waals surface area contributed by atoms with Crippen LogP contribution in [0.1, 0.15) is 38.5 Å². The molecular weight excluding hydrogens is 195 g/mol. The molecule has 0 aromatic carbocycles. The van der Waals surface area contributed by atoms with Crippen LogP contribution in [0.15, 0.2) is 0 Å². The Kier molecular flexibility index (Phi) is 3.68. The second-order valence-corrected chi connectivity index (χ2v) is 4.20. The predicted octanol–water partition coefficient (Wildman–Crippen LogP) is 3.44. The van der Waals surface area contributed by atoms with Gasteiger partial charge >= 0.3 is 0 Å². The summed E-state index contributed by atoms with van der Waals surface area (Å²) < 4.78 is 13.0. The zero-order chi connectivity index (χ0) is 7.40. The second kappa shape index (κ2) is 4.32. The maximum atomic E-state index is 13.0. The van der Waals surface area contributed by atoms with Crippen LogP contribution in [0.4, 0.5) is 4.39 Å². The van der Waals surface area contributed by atoms with Gasteiger partial charge < -0.3 is 0 Å². The first-order chi connectivity index (χ1) is 4.80. The Morgan fingerprint density at radius 3 is 2.30 bits per heavy atom. The molecule has 0 aromatic rings. The minimum Gasteiger partial charge on any atom is -0.246 e. The van der Waals surface area contributed by atoms with Crippen molar-refractivity contribution in [3.8, 4) is 0 Å². The van der Waals surface area contributed by atoms with Crippen LogP contribution in [0.3, 0.4) is 0 Å². The highest BCUT2D eigenvalue weighted by Gasteiger charge is 2.18. The molecule has 2 heteroatoms. The summed E-state index contributed by atoms with van der Waals surface area (Å²) >= 11 is 3.36. The van der Waals surface area contributed by atoms with Gasteiger partial charge in [0.05, 0.1) is 0 Å². The summed E-state index contributed by atoms with van der Waals surface area (Å²) in [5.74, 6) is 0. The van der Waals surface area contributed by atoms with Crippen molar-refractivity contribution in [1.29, 1.82) is 0 Å². The quantitative estimate of drug-likeness (QED) is 0.536. The summed E-state index contributed by atoms with van der Waals surface area (Å²) in [6.07, 6.45) is 5.95. The van der Waals surface area contributed by atoms with Crippen molar-refractivity contribution in [2.75, 3.05) is 0 Å². The summed E-state index contributed by atoms with van der Waals surface area (Å²) in [5.41, 5.74) is 0. The second-order valence-electron chi connectivity index (χ2n) is 3.02. The lowest BCUT2D eigenvalue weighted by Crippen LogP contribution is -2.16. The highest BCUT2D eigenvalue weighted by atomic mass is 79.9. The lowest BCUT2D eigenvalue weighted by molar-refractivity contribution is 0.278. The van der Waals surface area contributed by atoms with Gasteiger partial charge in [-0.3, -0.25) is 0 Å². The van der Waals surface area contributed by atoms with Gasteiger partial charge in [-0.2, -0.15) is 0 Å². The summed E-state index contributed by atoms with van der Waals surface area (Å²) in [6.45, 7) is 0. The van der Waals surface area contributed by atoms with Crippen molar-refractivity contribution in [1.82, 2.24) is 0 Å². The standard InChI is InChI=1S/C8H14BrF/c9-7-5-3-1-2-4-6-8(7)10/h7-8H,1-6H2/t7-,8-/m1/s1. The van der Waals surface area contributed by atoms with Crippen molar-refractivity contribution in [3.05, 3.63) is 0 Å². The van der Waals surface area contributed by atoms with E-state index in [0.29, 0.717) is 0 Å². The molecule has 0 amide bonds. The van der Waals surface area contributed by atoms with E-state index in [4.69, 9.17) is 0 Å². The van der Waals surface area contributed by atoms with Gasteiger partial charge in [0.25, 0.3) is 0 Å². The van der Waals surface area contributed by atoms with Crippen LogP contribution >= 0.6 is 15.9 Å². The van der Waals surface area contributed by atoms with E-state index >= 15 is 0 Å². The number of alkyl halides is 2. The minimum atomic E-state index is -0.597. The van der Waals surface area contributed by atoms with Crippen molar-refractivity contribution >= 4 is 15.9 Å². The SMILES string of the molecule is F[C@@H]1CCCCCC[C@H]1Br. The molecule has 10 heavy (non-hydrogen) atoms. The monoisotopic (exact) mass is 208 g/mol. The van der Waals surface area contributed by atoms with Crippen molar-refractivity contribution < 1.29 is 4.39 Å². The van der Waals surface area contributed by atoms with E-state index in [1.807, 2.05) is 0 Å². The smallest absolute Gasteiger partial charge is 0.113 e. The highest BCUT2D eigenvalue weighted by Crippen LogP contribution is 2.24. The predicted molar refractivity (Wildman–Crippen MR) is 45.3 cm³/mol. The molecule has 60 valence electrons. The van der Waals surface area contributed by atoms with Crippen LogP contribution in [0.2, 0.25) is 0 Å². The van der Waals surface area contributed by atoms with Gasteiger partial charge in [0, 0.05) is 4.83 Å². The topological polar surface area (TPSA) is 0 Å². The molecule has 0 aromatic heterocycles. The first-order valence-corrected chi connectivity index (χ1v) is 5.00. The van der Waals surface area contributed by atoms with E-state index in [2.05, 4.69) is 15.9 Å². The van der Waals surface area contributed by atoms with E-state index in [1.165, 1.54) is 19.3 Å². The Hall–Kier alpha value is 0.410. The van der Waals surface area contributed by atoms with Crippen molar-refractivity contribution in [3.63, 3.8) is 0 Å². The van der Waals surface area contributed by atoms with Crippen molar-refractivity contribution in [2.45, 2.75) is 49.5 Å². The Morgan fingerprint density at radius 1 is 1.00 bits per heavy atom. The molecule has 0 spiro atoms. The number of hydrogen-bond acceptors (Lipinski definition) is 0. The van der Waals surface area contributed by atoms with Gasteiger partial charge in [0.15, 0.2) is 0 Å². The van der Waals surface area contributed by atoms with E-state index in [-0.39, 0.29) is 4.83 Å². The molecule has 0 nitrogen and oxygen atoms in total. The molecular formula is C8H14BrF. The number of hydrogen-bond donors (Lipinski definition) is 0. The van der Waals surface area contributed by atoms with Gasteiger partial charge in [0.1, 0.15) is 6.17 Å². The Morgan fingerprint density at radius 2 is 1.60 bits per heavy atom. The molecule has 1 rings (SSSR count). The third kappa shape index (κ3) is 2.57. The van der Waals surface area contributed by atoms with Crippen LogP contribution in [0.5, 0.6) is 0 Å². The lowest BCUT2D eigenvalue weighted by atomic mass is 10.00. The fraction of sp³-hybridized carbons (Fsp3) is 1.00. The van der Waals surface area contributed by atoms with Crippen LogP contribution < -0.4 is 0 Å². The molecule has 1 fully saturated rings. The number of rotatable bonds is 0. The summed E-state index contributed by atoms with van der Waals surface area (Å²) in [5, 5.41) is 0. The van der Waals surface area contributed by atoms with Crippen molar-refractivity contribution in [2.24, 2.45) is 0 Å². The number of halogens is 2. The van der Waals surface area contributed by atoms with Crippen LogP contribution in [-0.2, 0) is 0 Å². The zero-order valence-electron chi connectivity index (χ0n) is 6.15. The molecule has 0 radical (unpaired) electrons. The first-order valence-electron chi connectivity index (χ1n) is 4.09. The van der Waals surface area contributed by atoms with E-state index in [9.17, 15) is 4.39 Å². The highest BCUT2D eigenvalue weighted by molar-refractivity contribution is 9.09. The molecule has 0 bridgehead atoms. The fourth-order valence-electron chi connectivity index (χ4n) is 1.39. The van der Waals surface area contributed by atoms with E-state index in [0.717, 1.165) is 19.3 Å². The third-order valence-electron chi connectivity index (χ3n) is 2.10. The van der Waals surface area contributed by atoms with Gasteiger partial charge in [-0.05, 0) is 12.8 Å². The minimum absolute atomic E-state index is 0.132. The Balaban J connectivity index is 2.28. The zero-order valence-corrected chi connectivity index (χ0v) is 7.74. The fourth-order valence-corrected chi connectivity index (χ4v) is 1.98. The Labute approximate surface area is 70.3 Å². The molecule has 1 saturated carbocycles. The van der Waals surface area contributed by atoms with Crippen LogP contribution in [0.25, 0.3) is 0 Å². The molecule has 1 aliphatic carbocycles. The molecule has 2 atom stereocenters. The van der Waals surface area contributed by atoms with Crippen LogP contribution in [-0.4, -0.2) is 11.0 Å². The van der Waals surface area contributed by atoms with Gasteiger partial charge in [0.2, 0.25) is 0 Å². The molecule has 1 aliphatic rings. The molecule has 0 N–H and O–H groups in total. The average Bonchev–Trinajstić information content (AvgIpc) is 1.92. The van der Waals surface area contributed by atoms with E-state index in [1.54, 1.807) is 0 Å². The lowest BCUT2D eigenvalue weighted by Gasteiger charge is -2.17. The molecule has 0 saturated heterocycles. The molecule has 0 aliphatic heterocycles. The summed E-state index contributed by atoms with van der Waals surface area (Å²) in [4.78, 5) is 0.132. The first kappa shape index (κ1) is 8.51. The maximum Gasteiger partial charge on any atom is 0.113 e. The third-order valence-corrected chi connectivity index (χ3v) is 3.13. The average molecular weight is 209 g/mol. The largest absolute Gasteiger partial charge is 0.246 e. The van der Waals surface area contributed by atoms with Gasteiger partial charge in [-0.15, -0.1) is 0 Å². The van der Waals surface area contributed by atoms with E-state index < -0.39 is 6.17 Å². The molecule has 0 unspecified atom stereocenters. The summed E-state index contributed by atoms with van der Waals surface area (Å²) in [7, 11) is 0. The summed E-state index contributed by atoms with van der Waals surface area (Å²) in [6, 6.07) is 0. The maximum absolute atomic E-state index is 13.0. The van der Waals surface area contributed by atoms with Gasteiger partial charge in [-0.1, -0.05) is 41.6 Å².